The molecule has 1 aromatic carbocycles. The van der Waals surface area contributed by atoms with Crippen LogP contribution in [0.2, 0.25) is 0 Å². The highest BCUT2D eigenvalue weighted by Gasteiger charge is 2.36. The first-order valence-corrected chi connectivity index (χ1v) is 6.47. The molecule has 7 nitrogen and oxygen atoms in total. The van der Waals surface area contributed by atoms with Gasteiger partial charge in [-0.1, -0.05) is 0 Å². The Kier molecular flexibility index (Phi) is 4.42. The van der Waals surface area contributed by atoms with Gasteiger partial charge in [-0.25, -0.2) is 4.79 Å². The van der Waals surface area contributed by atoms with Crippen molar-refractivity contribution in [2.45, 2.75) is 18.9 Å². The normalized spacial score (nSPS) is 17.7. The minimum absolute atomic E-state index is 0.160. The first-order chi connectivity index (χ1) is 10.0. The zero-order valence-electron chi connectivity index (χ0n) is 11.5. The molecule has 1 saturated heterocycles. The SMILES string of the molecule is COc1ccc(NC(=O)CN2C(=O)CCC2C(=O)O)cc1. The number of anilines is 1. The molecule has 1 aliphatic heterocycles. The van der Waals surface area contributed by atoms with Crippen LogP contribution < -0.4 is 10.1 Å². The van der Waals surface area contributed by atoms with E-state index in [9.17, 15) is 14.4 Å². The maximum absolute atomic E-state index is 11.9. The fourth-order valence-corrected chi connectivity index (χ4v) is 2.22. The van der Waals surface area contributed by atoms with Crippen molar-refractivity contribution >= 4 is 23.5 Å². The number of nitrogens with one attached hydrogen (secondary N) is 1. The van der Waals surface area contributed by atoms with E-state index in [1.165, 1.54) is 0 Å². The predicted molar refractivity (Wildman–Crippen MR) is 74.0 cm³/mol. The molecule has 0 saturated carbocycles. The Balaban J connectivity index is 1.97. The molecule has 1 fully saturated rings. The van der Waals surface area contributed by atoms with Crippen molar-refractivity contribution in [3.8, 4) is 5.75 Å². The second-order valence-corrected chi connectivity index (χ2v) is 4.69. The molecule has 7 heteroatoms. The monoisotopic (exact) mass is 292 g/mol. The van der Waals surface area contributed by atoms with E-state index in [0.29, 0.717) is 11.4 Å². The van der Waals surface area contributed by atoms with E-state index in [1.54, 1.807) is 31.4 Å². The Morgan fingerprint density at radius 1 is 1.38 bits per heavy atom. The topological polar surface area (TPSA) is 95.9 Å². The van der Waals surface area contributed by atoms with Gasteiger partial charge in [0.1, 0.15) is 18.3 Å². The van der Waals surface area contributed by atoms with Crippen molar-refractivity contribution in [2.75, 3.05) is 19.0 Å². The van der Waals surface area contributed by atoms with Crippen LogP contribution in [0.15, 0.2) is 24.3 Å². The van der Waals surface area contributed by atoms with Crippen molar-refractivity contribution in [3.05, 3.63) is 24.3 Å². The largest absolute Gasteiger partial charge is 0.497 e. The van der Waals surface area contributed by atoms with Crippen molar-refractivity contribution in [1.82, 2.24) is 4.90 Å². The maximum atomic E-state index is 11.9. The van der Waals surface area contributed by atoms with Crippen LogP contribution in [0.4, 0.5) is 5.69 Å². The summed E-state index contributed by atoms with van der Waals surface area (Å²) in [4.78, 5) is 35.7. The zero-order chi connectivity index (χ0) is 15.4. The molecule has 1 atom stereocenters. The van der Waals surface area contributed by atoms with Gasteiger partial charge in [-0.15, -0.1) is 0 Å². The fourth-order valence-electron chi connectivity index (χ4n) is 2.22. The lowest BCUT2D eigenvalue weighted by Gasteiger charge is -2.20. The Morgan fingerprint density at radius 2 is 2.05 bits per heavy atom. The second-order valence-electron chi connectivity index (χ2n) is 4.69. The predicted octanol–water partition coefficient (Wildman–Crippen LogP) is 0.709. The molecule has 112 valence electrons. The van der Waals surface area contributed by atoms with Gasteiger partial charge >= 0.3 is 5.97 Å². The van der Waals surface area contributed by atoms with Gasteiger partial charge in [0.25, 0.3) is 0 Å². The van der Waals surface area contributed by atoms with E-state index in [4.69, 9.17) is 9.84 Å². The molecule has 1 aromatic rings. The van der Waals surface area contributed by atoms with Gasteiger partial charge in [-0.05, 0) is 30.7 Å². The number of carboxylic acid groups (broad SMARTS) is 1. The number of benzene rings is 1. The second kappa shape index (κ2) is 6.25. The van der Waals surface area contributed by atoms with Crippen LogP contribution in [0.3, 0.4) is 0 Å². The van der Waals surface area contributed by atoms with Crippen molar-refractivity contribution in [2.24, 2.45) is 0 Å². The lowest BCUT2D eigenvalue weighted by Crippen LogP contribution is -2.43. The third-order valence-corrected chi connectivity index (χ3v) is 3.30. The minimum atomic E-state index is -1.09. The first-order valence-electron chi connectivity index (χ1n) is 6.47. The van der Waals surface area contributed by atoms with Gasteiger partial charge in [-0.2, -0.15) is 0 Å². The number of hydrogen-bond donors (Lipinski definition) is 2. The standard InChI is InChI=1S/C14H16N2O5/c1-21-10-4-2-9(3-5-10)15-12(17)8-16-11(14(19)20)6-7-13(16)18/h2-5,11H,6-8H2,1H3,(H,15,17)(H,19,20). The number of rotatable bonds is 5. The summed E-state index contributed by atoms with van der Waals surface area (Å²) >= 11 is 0. The molecule has 0 aromatic heterocycles. The lowest BCUT2D eigenvalue weighted by molar-refractivity contribution is -0.147. The molecule has 1 heterocycles. The molecule has 21 heavy (non-hydrogen) atoms. The van der Waals surface area contributed by atoms with Gasteiger partial charge in [0.15, 0.2) is 0 Å². The molecule has 0 aliphatic carbocycles. The lowest BCUT2D eigenvalue weighted by atomic mass is 10.2. The van der Waals surface area contributed by atoms with Crippen LogP contribution in [-0.4, -0.2) is 47.5 Å². The minimum Gasteiger partial charge on any atom is -0.497 e. The Morgan fingerprint density at radius 3 is 2.62 bits per heavy atom. The van der Waals surface area contributed by atoms with Crippen LogP contribution in [0, 0.1) is 0 Å². The van der Waals surface area contributed by atoms with Crippen LogP contribution in [0.1, 0.15) is 12.8 Å². The number of likely N-dealkylation sites (tertiary alicyclic amines) is 1. The summed E-state index contributed by atoms with van der Waals surface area (Å²) in [6, 6.07) is 5.79. The molecule has 2 rings (SSSR count). The summed E-state index contributed by atoms with van der Waals surface area (Å²) in [7, 11) is 1.54. The summed E-state index contributed by atoms with van der Waals surface area (Å²) in [5, 5.41) is 11.6. The van der Waals surface area contributed by atoms with E-state index in [2.05, 4.69) is 5.32 Å². The summed E-state index contributed by atoms with van der Waals surface area (Å²) < 4.78 is 5.01. The van der Waals surface area contributed by atoms with E-state index < -0.39 is 17.9 Å². The quantitative estimate of drug-likeness (QED) is 0.833. The molecular weight excluding hydrogens is 276 g/mol. The molecule has 0 spiro atoms. The zero-order valence-corrected chi connectivity index (χ0v) is 11.5. The third-order valence-electron chi connectivity index (χ3n) is 3.30. The number of carbonyl (C=O) groups is 3. The average molecular weight is 292 g/mol. The van der Waals surface area contributed by atoms with E-state index >= 15 is 0 Å². The van der Waals surface area contributed by atoms with Gasteiger partial charge in [0.05, 0.1) is 7.11 Å². The number of amides is 2. The number of methoxy groups -OCH3 is 1. The smallest absolute Gasteiger partial charge is 0.326 e. The summed E-state index contributed by atoms with van der Waals surface area (Å²) in [5.41, 5.74) is 0.555. The third kappa shape index (κ3) is 3.50. The number of carbonyl (C=O) groups excluding carboxylic acids is 2. The van der Waals surface area contributed by atoms with Crippen LogP contribution in [-0.2, 0) is 14.4 Å². The van der Waals surface area contributed by atoms with Gasteiger partial charge < -0.3 is 20.1 Å². The Labute approximate surface area is 121 Å². The average Bonchev–Trinajstić information content (AvgIpc) is 2.81. The molecule has 2 amide bonds. The fraction of sp³-hybridized carbons (Fsp3) is 0.357. The molecule has 2 N–H and O–H groups in total. The van der Waals surface area contributed by atoms with Crippen LogP contribution >= 0.6 is 0 Å². The molecule has 1 aliphatic rings. The highest BCUT2D eigenvalue weighted by Crippen LogP contribution is 2.19. The number of ether oxygens (including phenoxy) is 1. The number of nitrogens with zero attached hydrogens (tertiary/aromatic N) is 1. The maximum Gasteiger partial charge on any atom is 0.326 e. The number of carboxylic acids is 1. The van der Waals surface area contributed by atoms with E-state index in [1.807, 2.05) is 0 Å². The Bertz CT molecular complexity index is 555. The van der Waals surface area contributed by atoms with Crippen molar-refractivity contribution < 1.29 is 24.2 Å². The van der Waals surface area contributed by atoms with Gasteiger partial charge in [0.2, 0.25) is 11.8 Å². The van der Waals surface area contributed by atoms with Crippen molar-refractivity contribution in [3.63, 3.8) is 0 Å². The highest BCUT2D eigenvalue weighted by atomic mass is 16.5. The van der Waals surface area contributed by atoms with Crippen molar-refractivity contribution in [1.29, 1.82) is 0 Å². The van der Waals surface area contributed by atoms with Crippen LogP contribution in [0.25, 0.3) is 0 Å². The highest BCUT2D eigenvalue weighted by molar-refractivity contribution is 5.96. The Hall–Kier alpha value is -2.57. The number of aliphatic carboxylic acids is 1. The van der Waals surface area contributed by atoms with Crippen LogP contribution in [0.5, 0.6) is 5.75 Å². The van der Waals surface area contributed by atoms with Gasteiger partial charge in [-0.3, -0.25) is 9.59 Å². The van der Waals surface area contributed by atoms with E-state index in [0.717, 1.165) is 4.90 Å². The number of hydrogen-bond acceptors (Lipinski definition) is 4. The summed E-state index contributed by atoms with van der Waals surface area (Å²) in [6.45, 7) is -0.262. The van der Waals surface area contributed by atoms with Gasteiger partial charge in [0, 0.05) is 12.1 Å². The van der Waals surface area contributed by atoms with E-state index in [-0.39, 0.29) is 25.3 Å². The summed E-state index contributed by atoms with van der Waals surface area (Å²) in [5.74, 6) is -1.17. The summed E-state index contributed by atoms with van der Waals surface area (Å²) in [6.07, 6.45) is 0.400. The molecule has 1 unspecified atom stereocenters. The molecular formula is C14H16N2O5. The first kappa shape index (κ1) is 14.8. The molecule has 0 bridgehead atoms. The molecule has 0 radical (unpaired) electrons.